The summed E-state index contributed by atoms with van der Waals surface area (Å²) >= 11 is 3.05. The average Bonchev–Trinajstić information content (AvgIpc) is 2.38. The van der Waals surface area contributed by atoms with Crippen LogP contribution in [0.1, 0.15) is 16.8 Å². The number of hydrogen-bond donors (Lipinski definition) is 1. The number of benzene rings is 1. The quantitative estimate of drug-likeness (QED) is 0.866. The van der Waals surface area contributed by atoms with Crippen LogP contribution in [-0.4, -0.2) is 4.98 Å². The second-order valence-corrected chi connectivity index (χ2v) is 5.28. The number of aromatic nitrogens is 1. The van der Waals surface area contributed by atoms with E-state index < -0.39 is 11.7 Å². The van der Waals surface area contributed by atoms with Crippen molar-refractivity contribution in [2.75, 3.05) is 5.32 Å². The maximum absolute atomic E-state index is 12.9. The standard InChI is InChI=1S/C14H12BrF3N2/c1-9-2-4-11(19-7-9)8-20-13-5-3-10(15)6-12(13)14(16,17)18/h2-7,20H,8H2,1H3. The van der Waals surface area contributed by atoms with E-state index in [9.17, 15) is 13.2 Å². The fourth-order valence-corrected chi connectivity index (χ4v) is 2.06. The van der Waals surface area contributed by atoms with Gasteiger partial charge in [-0.1, -0.05) is 22.0 Å². The van der Waals surface area contributed by atoms with Crippen molar-refractivity contribution in [3.05, 3.63) is 57.8 Å². The Labute approximate surface area is 123 Å². The fraction of sp³-hybridized carbons (Fsp3) is 0.214. The number of rotatable bonds is 3. The highest BCUT2D eigenvalue weighted by atomic mass is 79.9. The molecule has 1 aromatic heterocycles. The Hall–Kier alpha value is -1.56. The van der Waals surface area contributed by atoms with Gasteiger partial charge >= 0.3 is 6.18 Å². The molecule has 1 aromatic carbocycles. The number of alkyl halides is 3. The largest absolute Gasteiger partial charge is 0.418 e. The summed E-state index contributed by atoms with van der Waals surface area (Å²) in [4.78, 5) is 4.15. The predicted molar refractivity (Wildman–Crippen MR) is 75.4 cm³/mol. The van der Waals surface area contributed by atoms with Gasteiger partial charge in [0.2, 0.25) is 0 Å². The van der Waals surface area contributed by atoms with Gasteiger partial charge in [0.05, 0.1) is 17.8 Å². The molecular weight excluding hydrogens is 333 g/mol. The summed E-state index contributed by atoms with van der Waals surface area (Å²) in [5, 5.41) is 2.78. The SMILES string of the molecule is Cc1ccc(CNc2ccc(Br)cc2C(F)(F)F)nc1. The van der Waals surface area contributed by atoms with Crippen molar-refractivity contribution >= 4 is 21.6 Å². The topological polar surface area (TPSA) is 24.9 Å². The van der Waals surface area contributed by atoms with Crippen molar-refractivity contribution in [2.24, 2.45) is 0 Å². The van der Waals surface area contributed by atoms with Crippen molar-refractivity contribution in [3.8, 4) is 0 Å². The number of hydrogen-bond acceptors (Lipinski definition) is 2. The fourth-order valence-electron chi connectivity index (χ4n) is 1.69. The predicted octanol–water partition coefficient (Wildman–Crippen LogP) is 4.78. The molecule has 0 saturated heterocycles. The zero-order valence-corrected chi connectivity index (χ0v) is 12.2. The van der Waals surface area contributed by atoms with E-state index in [4.69, 9.17) is 0 Å². The summed E-state index contributed by atoms with van der Waals surface area (Å²) in [5.74, 6) is 0. The number of anilines is 1. The first-order valence-electron chi connectivity index (χ1n) is 5.88. The van der Waals surface area contributed by atoms with E-state index in [0.717, 1.165) is 11.6 Å². The van der Waals surface area contributed by atoms with Gasteiger partial charge in [0, 0.05) is 16.4 Å². The molecule has 1 N–H and O–H groups in total. The van der Waals surface area contributed by atoms with Gasteiger partial charge in [-0.05, 0) is 36.8 Å². The van der Waals surface area contributed by atoms with Crippen LogP contribution < -0.4 is 5.32 Å². The Morgan fingerprint density at radius 2 is 1.95 bits per heavy atom. The molecule has 2 aromatic rings. The lowest BCUT2D eigenvalue weighted by Crippen LogP contribution is -2.11. The van der Waals surface area contributed by atoms with Gasteiger partial charge in [0.15, 0.2) is 0 Å². The third-order valence-corrected chi connectivity index (χ3v) is 3.21. The molecule has 0 unspecified atom stereocenters. The first-order valence-corrected chi connectivity index (χ1v) is 6.68. The molecule has 20 heavy (non-hydrogen) atoms. The first-order chi connectivity index (χ1) is 9.36. The maximum atomic E-state index is 12.9. The maximum Gasteiger partial charge on any atom is 0.418 e. The molecule has 0 saturated carbocycles. The van der Waals surface area contributed by atoms with Crippen LogP contribution in [0.2, 0.25) is 0 Å². The minimum Gasteiger partial charge on any atom is -0.379 e. The monoisotopic (exact) mass is 344 g/mol. The molecule has 6 heteroatoms. The van der Waals surface area contributed by atoms with E-state index in [1.807, 2.05) is 13.0 Å². The van der Waals surface area contributed by atoms with Gasteiger partial charge in [0.25, 0.3) is 0 Å². The molecule has 0 atom stereocenters. The first kappa shape index (κ1) is 14.8. The Morgan fingerprint density at radius 3 is 2.55 bits per heavy atom. The average molecular weight is 345 g/mol. The van der Waals surface area contributed by atoms with E-state index in [2.05, 4.69) is 26.2 Å². The highest BCUT2D eigenvalue weighted by molar-refractivity contribution is 9.10. The van der Waals surface area contributed by atoms with Gasteiger partial charge in [0.1, 0.15) is 0 Å². The Morgan fingerprint density at radius 1 is 1.20 bits per heavy atom. The summed E-state index contributed by atoms with van der Waals surface area (Å²) in [6.07, 6.45) is -2.71. The van der Waals surface area contributed by atoms with E-state index in [-0.39, 0.29) is 12.2 Å². The van der Waals surface area contributed by atoms with Gasteiger partial charge < -0.3 is 5.32 Å². The molecule has 106 valence electrons. The van der Waals surface area contributed by atoms with Crippen LogP contribution in [0.5, 0.6) is 0 Å². The summed E-state index contributed by atoms with van der Waals surface area (Å²) < 4.78 is 39.2. The van der Waals surface area contributed by atoms with Crippen LogP contribution in [0.15, 0.2) is 41.0 Å². The molecule has 0 aliphatic rings. The van der Waals surface area contributed by atoms with Crippen LogP contribution >= 0.6 is 15.9 Å². The molecule has 2 rings (SSSR count). The van der Waals surface area contributed by atoms with Crippen molar-refractivity contribution < 1.29 is 13.2 Å². The van der Waals surface area contributed by atoms with Crippen molar-refractivity contribution in [2.45, 2.75) is 19.6 Å². The summed E-state index contributed by atoms with van der Waals surface area (Å²) in [7, 11) is 0. The molecule has 0 spiro atoms. The molecule has 0 radical (unpaired) electrons. The van der Waals surface area contributed by atoms with Crippen LogP contribution in [0.25, 0.3) is 0 Å². The Balaban J connectivity index is 2.19. The van der Waals surface area contributed by atoms with Gasteiger partial charge in [-0.25, -0.2) is 0 Å². The van der Waals surface area contributed by atoms with Crippen LogP contribution in [0, 0.1) is 6.92 Å². The minimum absolute atomic E-state index is 0.0445. The van der Waals surface area contributed by atoms with E-state index in [0.29, 0.717) is 10.2 Å². The van der Waals surface area contributed by atoms with Crippen molar-refractivity contribution in [1.29, 1.82) is 0 Å². The van der Waals surface area contributed by atoms with Crippen molar-refractivity contribution in [1.82, 2.24) is 4.98 Å². The number of pyridine rings is 1. The summed E-state index contributed by atoms with van der Waals surface area (Å²) in [5.41, 5.74) is 1.04. The lowest BCUT2D eigenvalue weighted by Gasteiger charge is -2.14. The summed E-state index contributed by atoms with van der Waals surface area (Å²) in [6.45, 7) is 2.14. The van der Waals surface area contributed by atoms with Crippen molar-refractivity contribution in [3.63, 3.8) is 0 Å². The Bertz CT molecular complexity index is 594. The van der Waals surface area contributed by atoms with Crippen LogP contribution in [-0.2, 0) is 12.7 Å². The van der Waals surface area contributed by atoms with E-state index in [1.54, 1.807) is 18.3 Å². The molecule has 0 aliphatic carbocycles. The number of nitrogens with one attached hydrogen (secondary N) is 1. The van der Waals surface area contributed by atoms with Crippen LogP contribution in [0.3, 0.4) is 0 Å². The molecule has 0 bridgehead atoms. The lowest BCUT2D eigenvalue weighted by atomic mass is 10.1. The molecule has 0 amide bonds. The smallest absolute Gasteiger partial charge is 0.379 e. The number of aryl methyl sites for hydroxylation is 1. The zero-order valence-electron chi connectivity index (χ0n) is 10.6. The summed E-state index contributed by atoms with van der Waals surface area (Å²) in [6, 6.07) is 7.69. The lowest BCUT2D eigenvalue weighted by molar-refractivity contribution is -0.137. The number of nitrogens with zero attached hydrogens (tertiary/aromatic N) is 1. The molecule has 1 heterocycles. The second kappa shape index (κ2) is 5.83. The normalized spacial score (nSPS) is 11.4. The minimum atomic E-state index is -4.40. The Kier molecular flexibility index (Phi) is 4.32. The molecule has 0 aliphatic heterocycles. The third kappa shape index (κ3) is 3.72. The zero-order chi connectivity index (χ0) is 14.8. The van der Waals surface area contributed by atoms with Crippen LogP contribution in [0.4, 0.5) is 18.9 Å². The van der Waals surface area contributed by atoms with E-state index >= 15 is 0 Å². The molecular formula is C14H12BrF3N2. The highest BCUT2D eigenvalue weighted by Crippen LogP contribution is 2.36. The second-order valence-electron chi connectivity index (χ2n) is 4.37. The molecule has 2 nitrogen and oxygen atoms in total. The highest BCUT2D eigenvalue weighted by Gasteiger charge is 2.33. The third-order valence-electron chi connectivity index (χ3n) is 2.72. The van der Waals surface area contributed by atoms with Gasteiger partial charge in [-0.3, -0.25) is 4.98 Å². The van der Waals surface area contributed by atoms with Gasteiger partial charge in [-0.2, -0.15) is 13.2 Å². The van der Waals surface area contributed by atoms with E-state index in [1.165, 1.54) is 6.07 Å². The number of halogens is 4. The van der Waals surface area contributed by atoms with Gasteiger partial charge in [-0.15, -0.1) is 0 Å². The molecule has 0 fully saturated rings.